The van der Waals surface area contributed by atoms with Crippen molar-refractivity contribution in [1.82, 2.24) is 30.0 Å². The SMILES string of the molecule is COc1ccc(-c2cn(-c3ccccc3)nc2C(=O)Nc2cccc(-n3nnnc3C)c2)cc1OC. The second kappa shape index (κ2) is 9.71. The van der Waals surface area contributed by atoms with Gasteiger partial charge in [0.25, 0.3) is 5.91 Å². The molecule has 0 saturated carbocycles. The summed E-state index contributed by atoms with van der Waals surface area (Å²) in [5.74, 6) is 1.42. The minimum atomic E-state index is -0.361. The molecule has 0 bridgehead atoms. The highest BCUT2D eigenvalue weighted by molar-refractivity contribution is 6.07. The zero-order valence-corrected chi connectivity index (χ0v) is 19.9. The van der Waals surface area contributed by atoms with Crippen LogP contribution in [0.4, 0.5) is 5.69 Å². The van der Waals surface area contributed by atoms with Gasteiger partial charge in [-0.3, -0.25) is 4.79 Å². The number of nitrogens with one attached hydrogen (secondary N) is 1. The Morgan fingerprint density at radius 3 is 2.39 bits per heavy atom. The zero-order valence-electron chi connectivity index (χ0n) is 19.9. The van der Waals surface area contributed by atoms with E-state index >= 15 is 0 Å². The molecule has 0 fully saturated rings. The van der Waals surface area contributed by atoms with Crippen molar-refractivity contribution in [3.63, 3.8) is 0 Å². The summed E-state index contributed by atoms with van der Waals surface area (Å²) in [6, 6.07) is 22.4. The predicted molar refractivity (Wildman–Crippen MR) is 134 cm³/mol. The highest BCUT2D eigenvalue weighted by Crippen LogP contribution is 2.34. The van der Waals surface area contributed by atoms with E-state index < -0.39 is 0 Å². The van der Waals surface area contributed by atoms with Crippen molar-refractivity contribution in [3.05, 3.63) is 90.5 Å². The summed E-state index contributed by atoms with van der Waals surface area (Å²) < 4.78 is 14.1. The molecule has 0 unspecified atom stereocenters. The fourth-order valence-corrected chi connectivity index (χ4v) is 3.85. The van der Waals surface area contributed by atoms with Gasteiger partial charge in [-0.2, -0.15) is 9.78 Å². The van der Waals surface area contributed by atoms with Crippen molar-refractivity contribution in [2.45, 2.75) is 6.92 Å². The van der Waals surface area contributed by atoms with Crippen molar-refractivity contribution in [1.29, 1.82) is 0 Å². The minimum Gasteiger partial charge on any atom is -0.493 e. The monoisotopic (exact) mass is 481 g/mol. The molecule has 0 aliphatic heterocycles. The van der Waals surface area contributed by atoms with Gasteiger partial charge in [-0.1, -0.05) is 30.3 Å². The maximum atomic E-state index is 13.5. The van der Waals surface area contributed by atoms with E-state index in [2.05, 4.69) is 25.9 Å². The molecule has 10 heteroatoms. The van der Waals surface area contributed by atoms with E-state index in [1.54, 1.807) is 48.7 Å². The Morgan fingerprint density at radius 2 is 1.67 bits per heavy atom. The van der Waals surface area contributed by atoms with E-state index in [1.165, 1.54) is 0 Å². The van der Waals surface area contributed by atoms with Crippen molar-refractivity contribution in [2.24, 2.45) is 0 Å². The summed E-state index contributed by atoms with van der Waals surface area (Å²) in [7, 11) is 3.15. The quantitative estimate of drug-likeness (QED) is 0.373. The largest absolute Gasteiger partial charge is 0.493 e. The number of para-hydroxylation sites is 1. The first-order valence-corrected chi connectivity index (χ1v) is 11.1. The third-order valence-electron chi connectivity index (χ3n) is 5.62. The molecule has 2 heterocycles. The van der Waals surface area contributed by atoms with E-state index in [9.17, 15) is 4.79 Å². The lowest BCUT2D eigenvalue weighted by molar-refractivity contribution is 0.102. The Hall–Kier alpha value is -4.99. The van der Waals surface area contributed by atoms with E-state index in [0.717, 1.165) is 16.9 Å². The summed E-state index contributed by atoms with van der Waals surface area (Å²) in [6.07, 6.45) is 1.83. The molecule has 2 aromatic heterocycles. The summed E-state index contributed by atoms with van der Waals surface area (Å²) >= 11 is 0. The van der Waals surface area contributed by atoms with E-state index in [1.807, 2.05) is 60.8 Å². The van der Waals surface area contributed by atoms with Crippen molar-refractivity contribution in [3.8, 4) is 34.0 Å². The number of carbonyl (C=O) groups is 1. The molecule has 0 saturated heterocycles. The number of aryl methyl sites for hydroxylation is 1. The summed E-state index contributed by atoms with van der Waals surface area (Å²) in [4.78, 5) is 13.5. The lowest BCUT2D eigenvalue weighted by atomic mass is 10.1. The minimum absolute atomic E-state index is 0.259. The van der Waals surface area contributed by atoms with Crippen LogP contribution < -0.4 is 14.8 Å². The predicted octanol–water partition coefficient (Wildman–Crippen LogP) is 4.09. The second-order valence-electron chi connectivity index (χ2n) is 7.88. The topological polar surface area (TPSA) is 109 Å². The first kappa shape index (κ1) is 22.8. The van der Waals surface area contributed by atoms with Crippen LogP contribution in [0.15, 0.2) is 79.0 Å². The smallest absolute Gasteiger partial charge is 0.276 e. The van der Waals surface area contributed by atoms with Gasteiger partial charge < -0.3 is 14.8 Å². The maximum absolute atomic E-state index is 13.5. The van der Waals surface area contributed by atoms with Gasteiger partial charge in [-0.05, 0) is 65.4 Å². The molecule has 180 valence electrons. The molecule has 0 radical (unpaired) electrons. The number of amides is 1. The number of methoxy groups -OCH3 is 2. The van der Waals surface area contributed by atoms with Gasteiger partial charge in [-0.25, -0.2) is 4.68 Å². The Balaban J connectivity index is 1.54. The van der Waals surface area contributed by atoms with Gasteiger partial charge in [0.15, 0.2) is 23.0 Å². The molecule has 0 aliphatic carbocycles. The summed E-state index contributed by atoms with van der Waals surface area (Å²) in [5.41, 5.74) is 3.80. The van der Waals surface area contributed by atoms with Crippen molar-refractivity contribution in [2.75, 3.05) is 19.5 Å². The molecule has 0 atom stereocenters. The van der Waals surface area contributed by atoms with Crippen LogP contribution in [0.1, 0.15) is 16.3 Å². The highest BCUT2D eigenvalue weighted by atomic mass is 16.5. The number of carbonyl (C=O) groups excluding carboxylic acids is 1. The number of benzene rings is 3. The van der Waals surface area contributed by atoms with E-state index in [4.69, 9.17) is 9.47 Å². The molecule has 0 aliphatic rings. The molecule has 1 N–H and O–H groups in total. The Morgan fingerprint density at radius 1 is 0.889 bits per heavy atom. The average molecular weight is 482 g/mol. The lowest BCUT2D eigenvalue weighted by Gasteiger charge is -2.10. The van der Waals surface area contributed by atoms with Gasteiger partial charge in [0, 0.05) is 17.4 Å². The standard InChI is InChI=1S/C26H23N7O3/c1-17-28-30-31-33(17)21-11-7-8-19(15-21)27-26(34)25-22(16-32(29-25)20-9-5-4-6-10-20)18-12-13-23(35-2)24(14-18)36-3/h4-16H,1-3H3,(H,27,34). The van der Waals surface area contributed by atoms with Crippen LogP contribution in [0.2, 0.25) is 0 Å². The molecule has 0 spiro atoms. The van der Waals surface area contributed by atoms with Crippen molar-refractivity contribution < 1.29 is 14.3 Å². The first-order chi connectivity index (χ1) is 17.6. The lowest BCUT2D eigenvalue weighted by Crippen LogP contribution is -2.14. The first-order valence-electron chi connectivity index (χ1n) is 11.1. The third-order valence-corrected chi connectivity index (χ3v) is 5.62. The van der Waals surface area contributed by atoms with Crippen molar-refractivity contribution >= 4 is 11.6 Å². The van der Waals surface area contributed by atoms with Crippen LogP contribution in [-0.4, -0.2) is 50.1 Å². The normalized spacial score (nSPS) is 10.8. The number of anilines is 1. The summed E-state index contributed by atoms with van der Waals surface area (Å²) in [6.45, 7) is 1.80. The molecule has 1 amide bonds. The maximum Gasteiger partial charge on any atom is 0.276 e. The number of rotatable bonds is 7. The van der Waals surface area contributed by atoms with Crippen LogP contribution in [0.3, 0.4) is 0 Å². The Labute approximate surface area is 207 Å². The highest BCUT2D eigenvalue weighted by Gasteiger charge is 2.21. The fourth-order valence-electron chi connectivity index (χ4n) is 3.85. The van der Waals surface area contributed by atoms with Gasteiger partial charge in [0.05, 0.1) is 25.6 Å². The Kier molecular flexibility index (Phi) is 6.14. The van der Waals surface area contributed by atoms with Gasteiger partial charge in [0.1, 0.15) is 0 Å². The molecule has 10 nitrogen and oxygen atoms in total. The third kappa shape index (κ3) is 4.39. The number of ether oxygens (including phenoxy) is 2. The molecular formula is C26H23N7O3. The number of hydrogen-bond donors (Lipinski definition) is 1. The van der Waals surface area contributed by atoms with E-state index in [0.29, 0.717) is 28.6 Å². The Bertz CT molecular complexity index is 1530. The van der Waals surface area contributed by atoms with Crippen LogP contribution in [-0.2, 0) is 0 Å². The van der Waals surface area contributed by atoms with Crippen LogP contribution in [0.25, 0.3) is 22.5 Å². The fraction of sp³-hybridized carbons (Fsp3) is 0.115. The van der Waals surface area contributed by atoms with Crippen LogP contribution in [0, 0.1) is 6.92 Å². The number of nitrogens with zero attached hydrogens (tertiary/aromatic N) is 6. The zero-order chi connectivity index (χ0) is 25.1. The van der Waals surface area contributed by atoms with Crippen LogP contribution >= 0.6 is 0 Å². The molecule has 5 rings (SSSR count). The van der Waals surface area contributed by atoms with Gasteiger partial charge in [-0.15, -0.1) is 5.10 Å². The van der Waals surface area contributed by atoms with Crippen LogP contribution in [0.5, 0.6) is 11.5 Å². The molecule has 5 aromatic rings. The number of aromatic nitrogens is 6. The second-order valence-corrected chi connectivity index (χ2v) is 7.88. The van der Waals surface area contributed by atoms with Gasteiger partial charge >= 0.3 is 0 Å². The van der Waals surface area contributed by atoms with E-state index in [-0.39, 0.29) is 11.6 Å². The number of tetrazole rings is 1. The van der Waals surface area contributed by atoms with Gasteiger partial charge in [0.2, 0.25) is 0 Å². The summed E-state index contributed by atoms with van der Waals surface area (Å²) in [5, 5.41) is 19.2. The average Bonchev–Trinajstić information content (AvgIpc) is 3.56. The molecule has 36 heavy (non-hydrogen) atoms. The number of hydrogen-bond acceptors (Lipinski definition) is 7. The molecule has 3 aromatic carbocycles. The molecular weight excluding hydrogens is 458 g/mol.